The molecule has 1 nitrogen and oxygen atoms in total. The molecular weight excluding hydrogens is 158 g/mol. The minimum absolute atomic E-state index is 0.411. The van der Waals surface area contributed by atoms with Crippen LogP contribution in [0.5, 0.6) is 0 Å². The lowest BCUT2D eigenvalue weighted by atomic mass is 9.87. The minimum Gasteiger partial charge on any atom is -0.389 e. The summed E-state index contributed by atoms with van der Waals surface area (Å²) in [5.74, 6) is 0. The van der Waals surface area contributed by atoms with E-state index < -0.39 is 0 Å². The van der Waals surface area contributed by atoms with E-state index in [2.05, 4.69) is 32.7 Å². The first-order chi connectivity index (χ1) is 5.98. The number of unbranched alkanes of at least 4 members (excludes halogenated alkanes) is 2. The van der Waals surface area contributed by atoms with Crippen molar-refractivity contribution in [3.8, 4) is 0 Å². The molecule has 0 unspecified atom stereocenters. The fraction of sp³-hybridized carbons (Fsp3) is 0.833. The van der Waals surface area contributed by atoms with Crippen molar-refractivity contribution in [2.24, 2.45) is 5.41 Å². The summed E-state index contributed by atoms with van der Waals surface area (Å²) < 4.78 is 0. The topological polar surface area (TPSA) is 12.0 Å². The maximum atomic E-state index is 3.84. The number of hydrogen-bond acceptors (Lipinski definition) is 1. The van der Waals surface area contributed by atoms with Crippen molar-refractivity contribution in [2.75, 3.05) is 6.54 Å². The van der Waals surface area contributed by atoms with E-state index in [1.54, 1.807) is 0 Å². The van der Waals surface area contributed by atoms with Crippen molar-refractivity contribution in [1.29, 1.82) is 0 Å². The molecular formula is C12H25N. The Morgan fingerprint density at radius 1 is 1.31 bits per heavy atom. The first-order valence-corrected chi connectivity index (χ1v) is 5.37. The molecule has 13 heavy (non-hydrogen) atoms. The molecule has 0 heterocycles. The lowest BCUT2D eigenvalue weighted by Gasteiger charge is -2.25. The van der Waals surface area contributed by atoms with E-state index in [9.17, 15) is 0 Å². The van der Waals surface area contributed by atoms with E-state index in [1.807, 2.05) is 6.92 Å². The Morgan fingerprint density at radius 2 is 1.92 bits per heavy atom. The van der Waals surface area contributed by atoms with Gasteiger partial charge in [0.15, 0.2) is 0 Å². The van der Waals surface area contributed by atoms with Crippen LogP contribution in [0.3, 0.4) is 0 Å². The molecule has 0 fully saturated rings. The predicted molar refractivity (Wildman–Crippen MR) is 60.7 cm³/mol. The predicted octanol–water partition coefficient (Wildman–Crippen LogP) is 3.72. The zero-order valence-corrected chi connectivity index (χ0v) is 9.74. The van der Waals surface area contributed by atoms with Gasteiger partial charge in [-0.2, -0.15) is 0 Å². The molecule has 1 N–H and O–H groups in total. The second-order valence-electron chi connectivity index (χ2n) is 4.76. The highest BCUT2D eigenvalue weighted by Gasteiger charge is 2.16. The summed E-state index contributed by atoms with van der Waals surface area (Å²) in [5, 5.41) is 3.32. The van der Waals surface area contributed by atoms with Crippen molar-refractivity contribution >= 4 is 0 Å². The summed E-state index contributed by atoms with van der Waals surface area (Å²) in [6, 6.07) is 0. The van der Waals surface area contributed by atoms with Crippen LogP contribution in [-0.4, -0.2) is 6.54 Å². The van der Waals surface area contributed by atoms with Gasteiger partial charge < -0.3 is 5.32 Å². The standard InChI is InChI=1S/C12H25N/c1-6-7-8-9-12(4,5)10-13-11(2)3/h13H,2,6-10H2,1,3-5H3. The molecule has 0 aliphatic carbocycles. The average Bonchev–Trinajstić information content (AvgIpc) is 2.02. The van der Waals surface area contributed by atoms with Gasteiger partial charge in [-0.15, -0.1) is 0 Å². The van der Waals surface area contributed by atoms with Crippen LogP contribution in [0.4, 0.5) is 0 Å². The molecule has 0 aromatic heterocycles. The first kappa shape index (κ1) is 12.5. The van der Waals surface area contributed by atoms with Crippen LogP contribution >= 0.6 is 0 Å². The number of allylic oxidation sites excluding steroid dienone is 1. The van der Waals surface area contributed by atoms with E-state index in [1.165, 1.54) is 25.7 Å². The molecule has 0 aromatic rings. The smallest absolute Gasteiger partial charge is 0.0194 e. The van der Waals surface area contributed by atoms with Crippen LogP contribution in [0.1, 0.15) is 53.4 Å². The molecule has 0 atom stereocenters. The summed E-state index contributed by atoms with van der Waals surface area (Å²) in [4.78, 5) is 0. The second-order valence-corrected chi connectivity index (χ2v) is 4.76. The van der Waals surface area contributed by atoms with Gasteiger partial charge in [-0.1, -0.05) is 46.6 Å². The summed E-state index contributed by atoms with van der Waals surface area (Å²) >= 11 is 0. The van der Waals surface area contributed by atoms with Crippen LogP contribution in [0, 0.1) is 5.41 Å². The van der Waals surface area contributed by atoms with E-state index in [4.69, 9.17) is 0 Å². The lowest BCUT2D eigenvalue weighted by molar-refractivity contribution is 0.312. The maximum absolute atomic E-state index is 3.84. The molecule has 0 saturated heterocycles. The van der Waals surface area contributed by atoms with Gasteiger partial charge >= 0.3 is 0 Å². The van der Waals surface area contributed by atoms with Gasteiger partial charge in [-0.3, -0.25) is 0 Å². The third kappa shape index (κ3) is 7.89. The fourth-order valence-corrected chi connectivity index (χ4v) is 1.33. The summed E-state index contributed by atoms with van der Waals surface area (Å²) in [7, 11) is 0. The van der Waals surface area contributed by atoms with Crippen LogP contribution in [0.15, 0.2) is 12.3 Å². The summed E-state index contributed by atoms with van der Waals surface area (Å²) in [6.07, 6.45) is 5.32. The van der Waals surface area contributed by atoms with Crippen molar-refractivity contribution in [3.05, 3.63) is 12.3 Å². The van der Waals surface area contributed by atoms with Gasteiger partial charge in [0.1, 0.15) is 0 Å². The van der Waals surface area contributed by atoms with E-state index in [-0.39, 0.29) is 0 Å². The van der Waals surface area contributed by atoms with Gasteiger partial charge in [0.05, 0.1) is 0 Å². The SMILES string of the molecule is C=C(C)NCC(C)(C)CCCCC. The number of nitrogens with one attached hydrogen (secondary N) is 1. The molecule has 0 amide bonds. The third-order valence-electron chi connectivity index (χ3n) is 2.33. The van der Waals surface area contributed by atoms with Gasteiger partial charge in [0.25, 0.3) is 0 Å². The van der Waals surface area contributed by atoms with Gasteiger partial charge in [-0.25, -0.2) is 0 Å². The summed E-state index contributed by atoms with van der Waals surface area (Å²) in [6.45, 7) is 13.8. The van der Waals surface area contributed by atoms with Crippen LogP contribution in [0.2, 0.25) is 0 Å². The van der Waals surface area contributed by atoms with Gasteiger partial charge in [0.2, 0.25) is 0 Å². The van der Waals surface area contributed by atoms with E-state index in [0.29, 0.717) is 5.41 Å². The highest BCUT2D eigenvalue weighted by molar-refractivity contribution is 4.87. The molecule has 0 bridgehead atoms. The Labute approximate surface area is 83.6 Å². The highest BCUT2D eigenvalue weighted by atomic mass is 14.9. The molecule has 0 aromatic carbocycles. The monoisotopic (exact) mass is 183 g/mol. The van der Waals surface area contributed by atoms with Gasteiger partial charge in [-0.05, 0) is 18.8 Å². The Balaban J connectivity index is 3.59. The average molecular weight is 183 g/mol. The molecule has 78 valence electrons. The van der Waals surface area contributed by atoms with Crippen LogP contribution in [-0.2, 0) is 0 Å². The Morgan fingerprint density at radius 3 is 2.38 bits per heavy atom. The number of hydrogen-bond donors (Lipinski definition) is 1. The first-order valence-electron chi connectivity index (χ1n) is 5.37. The van der Waals surface area contributed by atoms with Crippen LogP contribution in [0.25, 0.3) is 0 Å². The lowest BCUT2D eigenvalue weighted by Crippen LogP contribution is -2.27. The molecule has 1 heteroatoms. The minimum atomic E-state index is 0.411. The third-order valence-corrected chi connectivity index (χ3v) is 2.33. The van der Waals surface area contributed by atoms with Gasteiger partial charge in [0, 0.05) is 12.2 Å². The van der Waals surface area contributed by atoms with Crippen molar-refractivity contribution in [3.63, 3.8) is 0 Å². The van der Waals surface area contributed by atoms with Crippen molar-refractivity contribution < 1.29 is 0 Å². The van der Waals surface area contributed by atoms with Crippen LogP contribution < -0.4 is 5.32 Å². The fourth-order valence-electron chi connectivity index (χ4n) is 1.33. The molecule has 0 aliphatic heterocycles. The normalized spacial score (nSPS) is 11.4. The molecule has 0 aliphatic rings. The van der Waals surface area contributed by atoms with Crippen molar-refractivity contribution in [1.82, 2.24) is 5.32 Å². The van der Waals surface area contributed by atoms with E-state index >= 15 is 0 Å². The van der Waals surface area contributed by atoms with E-state index in [0.717, 1.165) is 12.2 Å². The zero-order chi connectivity index (χ0) is 10.3. The summed E-state index contributed by atoms with van der Waals surface area (Å²) in [5.41, 5.74) is 1.48. The second kappa shape index (κ2) is 6.06. The molecule has 0 rings (SSSR count). The Hall–Kier alpha value is -0.460. The molecule has 0 spiro atoms. The van der Waals surface area contributed by atoms with Crippen molar-refractivity contribution in [2.45, 2.75) is 53.4 Å². The molecule has 0 radical (unpaired) electrons. The zero-order valence-electron chi connectivity index (χ0n) is 9.74. The quantitative estimate of drug-likeness (QED) is 0.593. The maximum Gasteiger partial charge on any atom is 0.0194 e. The molecule has 0 saturated carbocycles. The Kier molecular flexibility index (Phi) is 5.85. The Bertz CT molecular complexity index is 147. The number of rotatable bonds is 7. The highest BCUT2D eigenvalue weighted by Crippen LogP contribution is 2.22. The largest absolute Gasteiger partial charge is 0.389 e.